The zero-order valence-electron chi connectivity index (χ0n) is 13.4. The molecule has 2 rings (SSSR count). The minimum atomic E-state index is -0.997. The highest BCUT2D eigenvalue weighted by atomic mass is 32.2. The van der Waals surface area contributed by atoms with Gasteiger partial charge in [0.1, 0.15) is 11.2 Å². The molecule has 2 heterocycles. The van der Waals surface area contributed by atoms with Crippen LogP contribution in [0.5, 0.6) is 0 Å². The fourth-order valence-corrected chi connectivity index (χ4v) is 4.35. The Morgan fingerprint density at radius 3 is 2.48 bits per heavy atom. The topological polar surface area (TPSA) is 75.8 Å². The summed E-state index contributed by atoms with van der Waals surface area (Å²) in [5.74, 6) is 1.95. The summed E-state index contributed by atoms with van der Waals surface area (Å²) < 4.78 is 5.42. The molecule has 0 saturated carbocycles. The van der Waals surface area contributed by atoms with Crippen LogP contribution in [-0.4, -0.2) is 57.4 Å². The molecule has 1 amide bonds. The quantitative estimate of drug-likeness (QED) is 0.773. The van der Waals surface area contributed by atoms with Gasteiger partial charge in [-0.25, -0.2) is 4.79 Å². The molecule has 21 heavy (non-hydrogen) atoms. The molecule has 0 bridgehead atoms. The van der Waals surface area contributed by atoms with Crippen LogP contribution in [0.15, 0.2) is 0 Å². The molecule has 0 radical (unpaired) electrons. The zero-order chi connectivity index (χ0) is 15.7. The maximum atomic E-state index is 12.2. The van der Waals surface area contributed by atoms with Crippen molar-refractivity contribution in [1.29, 1.82) is 0 Å². The van der Waals surface area contributed by atoms with E-state index in [0.29, 0.717) is 13.0 Å². The highest BCUT2D eigenvalue weighted by molar-refractivity contribution is 7.99. The van der Waals surface area contributed by atoms with Crippen molar-refractivity contribution in [2.24, 2.45) is 5.73 Å². The molecular weight excluding hydrogens is 288 g/mol. The number of thioether (sulfide) groups is 1. The number of amides is 1. The average Bonchev–Trinajstić information content (AvgIpc) is 2.37. The van der Waals surface area contributed by atoms with Crippen LogP contribution in [0.3, 0.4) is 0 Å². The summed E-state index contributed by atoms with van der Waals surface area (Å²) in [5, 5.41) is 11.1. The Labute approximate surface area is 131 Å². The summed E-state index contributed by atoms with van der Waals surface area (Å²) in [5.41, 5.74) is 4.41. The van der Waals surface area contributed by atoms with Gasteiger partial charge in [0.25, 0.3) is 0 Å². The highest BCUT2D eigenvalue weighted by Gasteiger charge is 2.51. The van der Waals surface area contributed by atoms with E-state index in [1.54, 1.807) is 4.90 Å². The number of β-amino-alcohol motifs (C(OH)–C–C–N with tert-alkyl or cyclic N) is 1. The Kier molecular flexibility index (Phi) is 4.81. The number of carbonyl (C=O) groups is 1. The Hall–Kier alpha value is -0.460. The SMILES string of the molecule is CC(C)(C)OC(=O)N1CCCC(O)(C2(N)CCSCC2)C1. The minimum Gasteiger partial charge on any atom is -0.444 e. The highest BCUT2D eigenvalue weighted by Crippen LogP contribution is 2.39. The molecule has 1 unspecified atom stereocenters. The van der Waals surface area contributed by atoms with Gasteiger partial charge in [-0.3, -0.25) is 0 Å². The molecule has 0 aromatic carbocycles. The molecule has 0 spiro atoms. The molecule has 2 aliphatic rings. The molecule has 2 fully saturated rings. The summed E-state index contributed by atoms with van der Waals surface area (Å²) in [6.45, 7) is 6.46. The van der Waals surface area contributed by atoms with Gasteiger partial charge in [0.2, 0.25) is 0 Å². The Morgan fingerprint density at radius 2 is 1.90 bits per heavy atom. The van der Waals surface area contributed by atoms with Crippen LogP contribution in [-0.2, 0) is 4.74 Å². The van der Waals surface area contributed by atoms with Crippen LogP contribution >= 0.6 is 11.8 Å². The monoisotopic (exact) mass is 316 g/mol. The standard InChI is InChI=1S/C15H28N2O3S/c1-13(2,3)20-12(18)17-8-4-5-15(19,11-17)14(16)6-9-21-10-7-14/h19H,4-11,16H2,1-3H3. The van der Waals surface area contributed by atoms with E-state index < -0.39 is 16.7 Å². The van der Waals surface area contributed by atoms with E-state index in [2.05, 4.69) is 0 Å². The normalized spacial score (nSPS) is 30.0. The van der Waals surface area contributed by atoms with E-state index in [1.807, 2.05) is 32.5 Å². The fraction of sp³-hybridized carbons (Fsp3) is 0.933. The van der Waals surface area contributed by atoms with Crippen LogP contribution in [0.4, 0.5) is 4.79 Å². The van der Waals surface area contributed by atoms with Crippen LogP contribution < -0.4 is 5.73 Å². The van der Waals surface area contributed by atoms with Crippen molar-refractivity contribution in [3.63, 3.8) is 0 Å². The van der Waals surface area contributed by atoms with Gasteiger partial charge in [0, 0.05) is 12.1 Å². The molecule has 2 aliphatic heterocycles. The first-order chi connectivity index (χ1) is 9.65. The lowest BCUT2D eigenvalue weighted by molar-refractivity contribution is -0.0913. The number of rotatable bonds is 1. The second kappa shape index (κ2) is 5.97. The second-order valence-corrected chi connectivity index (χ2v) is 8.53. The molecule has 1 atom stereocenters. The molecular formula is C15H28N2O3S. The first-order valence-electron chi connectivity index (χ1n) is 7.72. The first kappa shape index (κ1) is 16.9. The van der Waals surface area contributed by atoms with E-state index in [-0.39, 0.29) is 12.6 Å². The van der Waals surface area contributed by atoms with Crippen LogP contribution in [0.2, 0.25) is 0 Å². The number of nitrogens with zero attached hydrogens (tertiary/aromatic N) is 1. The summed E-state index contributed by atoms with van der Waals surface area (Å²) >= 11 is 1.88. The number of nitrogens with two attached hydrogens (primary N) is 1. The van der Waals surface area contributed by atoms with Crippen LogP contribution in [0, 0.1) is 0 Å². The molecule has 2 saturated heterocycles. The number of hydrogen-bond donors (Lipinski definition) is 2. The molecule has 0 aromatic rings. The van der Waals surface area contributed by atoms with Crippen molar-refractivity contribution in [3.8, 4) is 0 Å². The van der Waals surface area contributed by atoms with Gasteiger partial charge < -0.3 is 20.5 Å². The van der Waals surface area contributed by atoms with Crippen LogP contribution in [0.1, 0.15) is 46.5 Å². The second-order valence-electron chi connectivity index (χ2n) is 7.31. The Balaban J connectivity index is 2.07. The van der Waals surface area contributed by atoms with Gasteiger partial charge in [-0.2, -0.15) is 11.8 Å². The van der Waals surface area contributed by atoms with Gasteiger partial charge in [-0.1, -0.05) is 0 Å². The smallest absolute Gasteiger partial charge is 0.410 e. The third-order valence-electron chi connectivity index (χ3n) is 4.43. The zero-order valence-corrected chi connectivity index (χ0v) is 14.2. The largest absolute Gasteiger partial charge is 0.444 e. The summed E-state index contributed by atoms with van der Waals surface area (Å²) in [4.78, 5) is 13.9. The number of ether oxygens (including phenoxy) is 1. The molecule has 3 N–H and O–H groups in total. The molecule has 0 aromatic heterocycles. The van der Waals surface area contributed by atoms with Gasteiger partial charge >= 0.3 is 6.09 Å². The first-order valence-corrected chi connectivity index (χ1v) is 8.88. The van der Waals surface area contributed by atoms with Crippen molar-refractivity contribution in [3.05, 3.63) is 0 Å². The van der Waals surface area contributed by atoms with Gasteiger partial charge in [0.05, 0.1) is 6.54 Å². The Bertz CT molecular complexity index is 391. The molecule has 122 valence electrons. The predicted octanol–water partition coefficient (Wildman–Crippen LogP) is 1.97. The van der Waals surface area contributed by atoms with E-state index >= 15 is 0 Å². The maximum absolute atomic E-state index is 12.2. The van der Waals surface area contributed by atoms with Crippen molar-refractivity contribution in [1.82, 2.24) is 4.90 Å². The molecule has 0 aliphatic carbocycles. The molecule has 6 heteroatoms. The number of carbonyl (C=O) groups excluding carboxylic acids is 1. The maximum Gasteiger partial charge on any atom is 0.410 e. The lowest BCUT2D eigenvalue weighted by Crippen LogP contribution is -2.68. The Morgan fingerprint density at radius 1 is 1.29 bits per heavy atom. The van der Waals surface area contributed by atoms with Crippen molar-refractivity contribution >= 4 is 17.9 Å². The summed E-state index contributed by atoms with van der Waals surface area (Å²) in [6.07, 6.45) is 2.68. The summed E-state index contributed by atoms with van der Waals surface area (Å²) in [7, 11) is 0. The van der Waals surface area contributed by atoms with E-state index in [1.165, 1.54) is 0 Å². The molecule has 5 nitrogen and oxygen atoms in total. The van der Waals surface area contributed by atoms with Gasteiger partial charge in [0.15, 0.2) is 0 Å². The van der Waals surface area contributed by atoms with E-state index in [4.69, 9.17) is 10.5 Å². The number of hydrogen-bond acceptors (Lipinski definition) is 5. The fourth-order valence-electron chi connectivity index (χ4n) is 3.13. The van der Waals surface area contributed by atoms with Crippen molar-refractivity contribution < 1.29 is 14.6 Å². The van der Waals surface area contributed by atoms with Crippen molar-refractivity contribution in [2.75, 3.05) is 24.6 Å². The predicted molar refractivity (Wildman–Crippen MR) is 85.5 cm³/mol. The van der Waals surface area contributed by atoms with Crippen LogP contribution in [0.25, 0.3) is 0 Å². The van der Waals surface area contributed by atoms with E-state index in [0.717, 1.165) is 30.8 Å². The van der Waals surface area contributed by atoms with Crippen molar-refractivity contribution in [2.45, 2.75) is 63.2 Å². The number of piperidine rings is 1. The lowest BCUT2D eigenvalue weighted by atomic mass is 9.71. The van der Waals surface area contributed by atoms with Gasteiger partial charge in [-0.15, -0.1) is 0 Å². The average molecular weight is 316 g/mol. The lowest BCUT2D eigenvalue weighted by Gasteiger charge is -2.51. The minimum absolute atomic E-state index is 0.281. The number of aliphatic hydroxyl groups is 1. The third kappa shape index (κ3) is 3.85. The third-order valence-corrected chi connectivity index (χ3v) is 5.42. The summed E-state index contributed by atoms with van der Waals surface area (Å²) in [6, 6.07) is 0. The van der Waals surface area contributed by atoms with Gasteiger partial charge in [-0.05, 0) is 58.0 Å². The van der Waals surface area contributed by atoms with E-state index in [9.17, 15) is 9.90 Å². The number of likely N-dealkylation sites (tertiary alicyclic amines) is 1.